The lowest BCUT2D eigenvalue weighted by Crippen LogP contribution is -1.89. The Morgan fingerprint density at radius 3 is 1.67 bits per heavy atom. The molecular formula is C9H13F3. The summed E-state index contributed by atoms with van der Waals surface area (Å²) in [7, 11) is 0. The molecule has 1 aromatic rings. The van der Waals surface area contributed by atoms with E-state index in [9.17, 15) is 13.2 Å². The van der Waals surface area contributed by atoms with E-state index in [0.29, 0.717) is 6.07 Å². The van der Waals surface area contributed by atoms with Gasteiger partial charge in [-0.05, 0) is 18.6 Å². The number of hydrogen-bond acceptors (Lipinski definition) is 0. The Labute approximate surface area is 71.0 Å². The largest absolute Gasteiger partial charge is 0.207 e. The molecule has 0 nitrogen and oxygen atoms in total. The summed E-state index contributed by atoms with van der Waals surface area (Å²) in [6.07, 6.45) is 0. The molecule has 0 bridgehead atoms. The number of aryl methyl sites for hydroxylation is 1. The van der Waals surface area contributed by atoms with Gasteiger partial charge in [-0.1, -0.05) is 14.9 Å². The van der Waals surface area contributed by atoms with Crippen molar-refractivity contribution in [2.24, 2.45) is 0 Å². The van der Waals surface area contributed by atoms with E-state index in [1.165, 1.54) is 6.92 Å². The topological polar surface area (TPSA) is 0 Å². The van der Waals surface area contributed by atoms with E-state index in [1.807, 2.05) is 0 Å². The number of rotatable bonds is 0. The number of halogens is 3. The average molecular weight is 178 g/mol. The highest BCUT2D eigenvalue weighted by atomic mass is 19.2. The first kappa shape index (κ1) is 13.6. The van der Waals surface area contributed by atoms with Crippen molar-refractivity contribution < 1.29 is 13.2 Å². The van der Waals surface area contributed by atoms with E-state index in [0.717, 1.165) is 6.07 Å². The van der Waals surface area contributed by atoms with Crippen LogP contribution in [-0.2, 0) is 0 Å². The maximum absolute atomic E-state index is 12.4. The first-order chi connectivity index (χ1) is 4.61. The Hall–Kier alpha value is -0.990. The van der Waals surface area contributed by atoms with Crippen molar-refractivity contribution in [3.05, 3.63) is 35.1 Å². The SMILES string of the molecule is C.C.Cc1cc(F)c(F)cc1F. The summed E-state index contributed by atoms with van der Waals surface area (Å²) in [6, 6.07) is 1.36. The minimum atomic E-state index is -1.15. The fourth-order valence-corrected chi connectivity index (χ4v) is 0.622. The van der Waals surface area contributed by atoms with Gasteiger partial charge in [-0.15, -0.1) is 0 Å². The van der Waals surface area contributed by atoms with Crippen LogP contribution < -0.4 is 0 Å². The van der Waals surface area contributed by atoms with E-state index in [2.05, 4.69) is 0 Å². The molecule has 0 saturated heterocycles. The average Bonchev–Trinajstić information content (AvgIpc) is 1.84. The molecule has 0 heterocycles. The van der Waals surface area contributed by atoms with Crippen LogP contribution in [0.2, 0.25) is 0 Å². The molecule has 0 unspecified atom stereocenters. The monoisotopic (exact) mass is 178 g/mol. The fraction of sp³-hybridized carbons (Fsp3) is 0.333. The number of benzene rings is 1. The Kier molecular flexibility index (Phi) is 5.44. The molecule has 70 valence electrons. The van der Waals surface area contributed by atoms with Gasteiger partial charge in [0.15, 0.2) is 11.6 Å². The molecule has 0 aromatic heterocycles. The molecule has 3 heteroatoms. The molecule has 12 heavy (non-hydrogen) atoms. The van der Waals surface area contributed by atoms with Crippen molar-refractivity contribution in [2.75, 3.05) is 0 Å². The van der Waals surface area contributed by atoms with Gasteiger partial charge in [-0.2, -0.15) is 0 Å². The Balaban J connectivity index is 0. The van der Waals surface area contributed by atoms with Crippen molar-refractivity contribution in [3.63, 3.8) is 0 Å². The molecular weight excluding hydrogens is 165 g/mol. The third kappa shape index (κ3) is 2.57. The van der Waals surface area contributed by atoms with Crippen LogP contribution in [0.4, 0.5) is 13.2 Å². The van der Waals surface area contributed by atoms with Crippen LogP contribution in [0.25, 0.3) is 0 Å². The lowest BCUT2D eigenvalue weighted by Gasteiger charge is -1.95. The molecule has 0 amide bonds. The Morgan fingerprint density at radius 2 is 1.25 bits per heavy atom. The summed E-state index contributed by atoms with van der Waals surface area (Å²) < 4.78 is 36.7. The normalized spacial score (nSPS) is 8.33. The fourth-order valence-electron chi connectivity index (χ4n) is 0.622. The molecule has 0 N–H and O–H groups in total. The predicted octanol–water partition coefficient (Wildman–Crippen LogP) is 3.68. The summed E-state index contributed by atoms with van der Waals surface area (Å²) in [5.74, 6) is -2.89. The highest BCUT2D eigenvalue weighted by Gasteiger charge is 2.04. The quantitative estimate of drug-likeness (QED) is 0.531. The molecule has 0 aliphatic heterocycles. The first-order valence-corrected chi connectivity index (χ1v) is 2.72. The zero-order valence-corrected chi connectivity index (χ0v) is 5.29. The molecule has 0 saturated carbocycles. The summed E-state index contributed by atoms with van der Waals surface area (Å²) in [6.45, 7) is 1.37. The second-order valence-corrected chi connectivity index (χ2v) is 2.02. The third-order valence-electron chi connectivity index (χ3n) is 1.20. The van der Waals surface area contributed by atoms with Crippen molar-refractivity contribution in [3.8, 4) is 0 Å². The van der Waals surface area contributed by atoms with E-state index in [4.69, 9.17) is 0 Å². The van der Waals surface area contributed by atoms with E-state index in [1.54, 1.807) is 0 Å². The summed E-state index contributed by atoms with van der Waals surface area (Å²) in [4.78, 5) is 0. The molecule has 1 aromatic carbocycles. The zero-order valence-electron chi connectivity index (χ0n) is 5.29. The first-order valence-electron chi connectivity index (χ1n) is 2.72. The van der Waals surface area contributed by atoms with Crippen LogP contribution in [0.3, 0.4) is 0 Å². The number of hydrogen-bond donors (Lipinski definition) is 0. The van der Waals surface area contributed by atoms with Gasteiger partial charge in [-0.3, -0.25) is 0 Å². The van der Waals surface area contributed by atoms with Crippen LogP contribution in [-0.4, -0.2) is 0 Å². The van der Waals surface area contributed by atoms with Gasteiger partial charge in [0, 0.05) is 6.07 Å². The highest BCUT2D eigenvalue weighted by Crippen LogP contribution is 2.11. The second-order valence-electron chi connectivity index (χ2n) is 2.02. The van der Waals surface area contributed by atoms with Gasteiger partial charge >= 0.3 is 0 Å². The van der Waals surface area contributed by atoms with Gasteiger partial charge < -0.3 is 0 Å². The third-order valence-corrected chi connectivity index (χ3v) is 1.20. The zero-order chi connectivity index (χ0) is 7.72. The van der Waals surface area contributed by atoms with Gasteiger partial charge in [0.05, 0.1) is 0 Å². The lowest BCUT2D eigenvalue weighted by molar-refractivity contribution is 0.492. The molecule has 0 atom stereocenters. The van der Waals surface area contributed by atoms with Crippen molar-refractivity contribution in [1.29, 1.82) is 0 Å². The predicted molar refractivity (Wildman–Crippen MR) is 44.5 cm³/mol. The van der Waals surface area contributed by atoms with Gasteiger partial charge in [0.25, 0.3) is 0 Å². The van der Waals surface area contributed by atoms with Crippen molar-refractivity contribution >= 4 is 0 Å². The van der Waals surface area contributed by atoms with Gasteiger partial charge in [0.1, 0.15) is 5.82 Å². The molecule has 0 aliphatic carbocycles. The van der Waals surface area contributed by atoms with Crippen LogP contribution >= 0.6 is 0 Å². The van der Waals surface area contributed by atoms with Crippen LogP contribution in [0, 0.1) is 24.4 Å². The van der Waals surface area contributed by atoms with Crippen molar-refractivity contribution in [1.82, 2.24) is 0 Å². The van der Waals surface area contributed by atoms with E-state index in [-0.39, 0.29) is 20.4 Å². The van der Waals surface area contributed by atoms with Gasteiger partial charge in [0.2, 0.25) is 0 Å². The molecule has 0 spiro atoms. The van der Waals surface area contributed by atoms with Crippen LogP contribution in [0.5, 0.6) is 0 Å². The summed E-state index contributed by atoms with van der Waals surface area (Å²) in [5, 5.41) is 0. The summed E-state index contributed by atoms with van der Waals surface area (Å²) >= 11 is 0. The van der Waals surface area contributed by atoms with E-state index < -0.39 is 17.5 Å². The maximum Gasteiger partial charge on any atom is 0.161 e. The second kappa shape index (κ2) is 4.80. The highest BCUT2D eigenvalue weighted by molar-refractivity contribution is 5.17. The Morgan fingerprint density at radius 1 is 0.833 bits per heavy atom. The van der Waals surface area contributed by atoms with Gasteiger partial charge in [-0.25, -0.2) is 13.2 Å². The minimum absolute atomic E-state index is 0. The van der Waals surface area contributed by atoms with E-state index >= 15 is 0 Å². The Bertz CT molecular complexity index is 206. The smallest absolute Gasteiger partial charge is 0.161 e. The van der Waals surface area contributed by atoms with Crippen LogP contribution in [0.15, 0.2) is 12.1 Å². The summed E-state index contributed by atoms with van der Waals surface area (Å²) in [5.41, 5.74) is 0.110. The molecule has 1 rings (SSSR count). The lowest BCUT2D eigenvalue weighted by atomic mass is 10.2. The molecule has 0 radical (unpaired) electrons. The molecule has 0 aliphatic rings. The minimum Gasteiger partial charge on any atom is -0.207 e. The molecule has 0 fully saturated rings. The maximum atomic E-state index is 12.4. The van der Waals surface area contributed by atoms with Crippen molar-refractivity contribution in [2.45, 2.75) is 21.8 Å². The standard InChI is InChI=1S/C7H5F3.2CH4/c1-4-2-6(9)7(10)3-5(4)8;;/h2-3H,1H3;2*1H4. The van der Waals surface area contributed by atoms with Crippen LogP contribution in [0.1, 0.15) is 20.4 Å².